The Labute approximate surface area is 128 Å². The van der Waals surface area contributed by atoms with Crippen LogP contribution in [0, 0.1) is 11.2 Å². The standard InChI is InChI=1S/C16H20FNO4/c1-16(15(20)21)7-8-18(10-16)14(19)6-4-11-3-5-13(22-2)12(17)9-11/h3,5,9H,4,6-8,10H2,1-2H3,(H,20,21)/t16-/m1/s1. The summed E-state index contributed by atoms with van der Waals surface area (Å²) in [7, 11) is 1.40. The van der Waals surface area contributed by atoms with Gasteiger partial charge in [0.15, 0.2) is 11.6 Å². The first kappa shape index (κ1) is 16.3. The molecule has 5 nitrogen and oxygen atoms in total. The van der Waals surface area contributed by atoms with Crippen LogP contribution < -0.4 is 4.74 Å². The Morgan fingerprint density at radius 3 is 2.73 bits per heavy atom. The molecule has 1 aromatic carbocycles. The number of hydrogen-bond donors (Lipinski definition) is 1. The van der Waals surface area contributed by atoms with E-state index in [1.165, 1.54) is 19.2 Å². The minimum absolute atomic E-state index is 0.0961. The molecule has 22 heavy (non-hydrogen) atoms. The van der Waals surface area contributed by atoms with Crippen molar-refractivity contribution in [1.29, 1.82) is 0 Å². The number of amides is 1. The fourth-order valence-electron chi connectivity index (χ4n) is 2.62. The molecule has 1 aliphatic rings. The van der Waals surface area contributed by atoms with E-state index < -0.39 is 17.2 Å². The third kappa shape index (κ3) is 3.37. The van der Waals surface area contributed by atoms with Gasteiger partial charge in [-0.3, -0.25) is 9.59 Å². The molecule has 0 spiro atoms. The maximum atomic E-state index is 13.6. The zero-order valence-corrected chi connectivity index (χ0v) is 12.8. The molecule has 2 rings (SSSR count). The fourth-order valence-corrected chi connectivity index (χ4v) is 2.62. The Bertz CT molecular complexity index is 590. The lowest BCUT2D eigenvalue weighted by atomic mass is 9.90. The largest absolute Gasteiger partial charge is 0.494 e. The molecule has 1 heterocycles. The van der Waals surface area contributed by atoms with E-state index in [-0.39, 0.29) is 24.6 Å². The predicted octanol–water partition coefficient (Wildman–Crippen LogP) is 2.09. The van der Waals surface area contributed by atoms with Gasteiger partial charge in [0.2, 0.25) is 5.91 Å². The number of aryl methyl sites for hydroxylation is 1. The number of carboxylic acids is 1. The topological polar surface area (TPSA) is 66.8 Å². The molecular weight excluding hydrogens is 289 g/mol. The highest BCUT2D eigenvalue weighted by Crippen LogP contribution is 2.30. The highest BCUT2D eigenvalue weighted by atomic mass is 19.1. The summed E-state index contributed by atoms with van der Waals surface area (Å²) in [6.07, 6.45) is 1.12. The van der Waals surface area contributed by atoms with E-state index in [0.717, 1.165) is 0 Å². The van der Waals surface area contributed by atoms with Crippen LogP contribution in [0.2, 0.25) is 0 Å². The normalized spacial score (nSPS) is 21.0. The number of likely N-dealkylation sites (tertiary alicyclic amines) is 1. The van der Waals surface area contributed by atoms with Crippen LogP contribution in [0.5, 0.6) is 5.75 Å². The maximum Gasteiger partial charge on any atom is 0.311 e. The van der Waals surface area contributed by atoms with Crippen LogP contribution >= 0.6 is 0 Å². The summed E-state index contributed by atoms with van der Waals surface area (Å²) in [5.41, 5.74) is -0.145. The van der Waals surface area contributed by atoms with Crippen LogP contribution in [0.25, 0.3) is 0 Å². The number of carbonyl (C=O) groups excluding carboxylic acids is 1. The van der Waals surface area contributed by atoms with Gasteiger partial charge in [0.25, 0.3) is 0 Å². The van der Waals surface area contributed by atoms with Crippen molar-refractivity contribution in [3.63, 3.8) is 0 Å². The Morgan fingerprint density at radius 2 is 2.18 bits per heavy atom. The van der Waals surface area contributed by atoms with Crippen LogP contribution in [-0.4, -0.2) is 42.1 Å². The molecule has 0 saturated carbocycles. The first-order valence-electron chi connectivity index (χ1n) is 7.19. The zero-order chi connectivity index (χ0) is 16.3. The van der Waals surface area contributed by atoms with Gasteiger partial charge in [-0.15, -0.1) is 0 Å². The molecule has 6 heteroatoms. The second-order valence-electron chi connectivity index (χ2n) is 5.90. The SMILES string of the molecule is COc1ccc(CCC(=O)N2CC[C@@](C)(C(=O)O)C2)cc1F. The second-order valence-corrected chi connectivity index (χ2v) is 5.90. The molecule has 120 valence electrons. The minimum Gasteiger partial charge on any atom is -0.494 e. The molecule has 0 bridgehead atoms. The van der Waals surface area contributed by atoms with E-state index in [1.807, 2.05) is 0 Å². The average Bonchev–Trinajstić information content (AvgIpc) is 2.89. The predicted molar refractivity (Wildman–Crippen MR) is 78.2 cm³/mol. The Balaban J connectivity index is 1.91. The van der Waals surface area contributed by atoms with Crippen LogP contribution in [0.1, 0.15) is 25.3 Å². The van der Waals surface area contributed by atoms with Gasteiger partial charge in [-0.05, 0) is 37.5 Å². The van der Waals surface area contributed by atoms with E-state index in [9.17, 15) is 14.0 Å². The van der Waals surface area contributed by atoms with Crippen molar-refractivity contribution < 1.29 is 23.8 Å². The first-order chi connectivity index (χ1) is 10.4. The lowest BCUT2D eigenvalue weighted by molar-refractivity contribution is -0.147. The summed E-state index contributed by atoms with van der Waals surface area (Å²) >= 11 is 0. The third-order valence-corrected chi connectivity index (χ3v) is 4.19. The van der Waals surface area contributed by atoms with E-state index in [1.54, 1.807) is 17.9 Å². The minimum atomic E-state index is -0.875. The number of nitrogens with zero attached hydrogens (tertiary/aromatic N) is 1. The van der Waals surface area contributed by atoms with E-state index in [4.69, 9.17) is 9.84 Å². The van der Waals surface area contributed by atoms with Gasteiger partial charge in [-0.2, -0.15) is 0 Å². The van der Waals surface area contributed by atoms with Crippen LogP contribution in [0.3, 0.4) is 0 Å². The Kier molecular flexibility index (Phi) is 4.68. The summed E-state index contributed by atoms with van der Waals surface area (Å²) in [6, 6.07) is 4.62. The fraction of sp³-hybridized carbons (Fsp3) is 0.500. The summed E-state index contributed by atoms with van der Waals surface area (Å²) in [5.74, 6) is -1.25. The van der Waals surface area contributed by atoms with Gasteiger partial charge < -0.3 is 14.7 Å². The quantitative estimate of drug-likeness (QED) is 0.904. The molecule has 1 fully saturated rings. The third-order valence-electron chi connectivity index (χ3n) is 4.19. The summed E-state index contributed by atoms with van der Waals surface area (Å²) < 4.78 is 18.4. The van der Waals surface area contributed by atoms with Crippen molar-refractivity contribution in [2.45, 2.75) is 26.2 Å². The zero-order valence-electron chi connectivity index (χ0n) is 12.8. The highest BCUT2D eigenvalue weighted by Gasteiger charge is 2.41. The van der Waals surface area contributed by atoms with Crippen molar-refractivity contribution in [3.05, 3.63) is 29.6 Å². The maximum absolute atomic E-state index is 13.6. The number of benzene rings is 1. The number of aliphatic carboxylic acids is 1. The number of ether oxygens (including phenoxy) is 1. The van der Waals surface area contributed by atoms with Crippen molar-refractivity contribution >= 4 is 11.9 Å². The lowest BCUT2D eigenvalue weighted by Gasteiger charge is -2.20. The Hall–Kier alpha value is -2.11. The van der Waals surface area contributed by atoms with Crippen molar-refractivity contribution in [3.8, 4) is 5.75 Å². The molecule has 1 N–H and O–H groups in total. The second kappa shape index (κ2) is 6.34. The van der Waals surface area contributed by atoms with Gasteiger partial charge in [0, 0.05) is 19.5 Å². The molecule has 1 atom stereocenters. The molecule has 0 aromatic heterocycles. The monoisotopic (exact) mass is 309 g/mol. The molecule has 0 aliphatic carbocycles. The van der Waals surface area contributed by atoms with Crippen molar-refractivity contribution in [2.24, 2.45) is 5.41 Å². The van der Waals surface area contributed by atoms with Gasteiger partial charge in [-0.1, -0.05) is 6.07 Å². The molecule has 1 saturated heterocycles. The molecule has 1 aromatic rings. The van der Waals surface area contributed by atoms with Crippen LogP contribution in [0.4, 0.5) is 4.39 Å². The van der Waals surface area contributed by atoms with E-state index in [0.29, 0.717) is 24.9 Å². The number of methoxy groups -OCH3 is 1. The summed E-state index contributed by atoms with van der Waals surface area (Å²) in [6.45, 7) is 2.35. The summed E-state index contributed by atoms with van der Waals surface area (Å²) in [4.78, 5) is 24.9. The van der Waals surface area contributed by atoms with E-state index in [2.05, 4.69) is 0 Å². The molecule has 0 radical (unpaired) electrons. The number of carboxylic acid groups (broad SMARTS) is 1. The summed E-state index contributed by atoms with van der Waals surface area (Å²) in [5, 5.41) is 9.17. The van der Waals surface area contributed by atoms with Crippen molar-refractivity contribution in [2.75, 3.05) is 20.2 Å². The van der Waals surface area contributed by atoms with Crippen LogP contribution in [-0.2, 0) is 16.0 Å². The highest BCUT2D eigenvalue weighted by molar-refractivity contribution is 5.80. The van der Waals surface area contributed by atoms with Gasteiger partial charge in [0.05, 0.1) is 12.5 Å². The van der Waals surface area contributed by atoms with Gasteiger partial charge in [-0.25, -0.2) is 4.39 Å². The first-order valence-corrected chi connectivity index (χ1v) is 7.19. The number of carbonyl (C=O) groups is 2. The van der Waals surface area contributed by atoms with E-state index >= 15 is 0 Å². The van der Waals surface area contributed by atoms with Gasteiger partial charge in [0.1, 0.15) is 0 Å². The number of hydrogen-bond acceptors (Lipinski definition) is 3. The van der Waals surface area contributed by atoms with Crippen molar-refractivity contribution in [1.82, 2.24) is 4.90 Å². The van der Waals surface area contributed by atoms with Crippen LogP contribution in [0.15, 0.2) is 18.2 Å². The lowest BCUT2D eigenvalue weighted by Crippen LogP contribution is -2.34. The molecular formula is C16H20FNO4. The Morgan fingerprint density at radius 1 is 1.45 bits per heavy atom. The molecule has 0 unspecified atom stereocenters. The average molecular weight is 309 g/mol. The van der Waals surface area contributed by atoms with Gasteiger partial charge >= 0.3 is 5.97 Å². The smallest absolute Gasteiger partial charge is 0.311 e. The molecule has 1 aliphatic heterocycles. The number of rotatable bonds is 5. The number of halogens is 1. The molecule has 1 amide bonds.